The van der Waals surface area contributed by atoms with Gasteiger partial charge in [-0.15, -0.1) is 15.3 Å². The van der Waals surface area contributed by atoms with Crippen molar-refractivity contribution in [3.05, 3.63) is 166 Å². The first-order valence-electron chi connectivity index (χ1n) is 22.1. The molecule has 1 amide bonds. The molecule has 0 unspecified atom stereocenters. The maximum Gasteiger partial charge on any atom is 2.00 e. The molecule has 23 heteroatoms. The van der Waals surface area contributed by atoms with Gasteiger partial charge in [0.25, 0.3) is 26.1 Å². The monoisotopic (exact) mass is 1210 g/mol. The van der Waals surface area contributed by atoms with Gasteiger partial charge in [0, 0.05) is 20.8 Å². The van der Waals surface area contributed by atoms with Crippen molar-refractivity contribution in [2.24, 2.45) is 25.4 Å². The maximum atomic E-state index is 13.4. The molecule has 0 saturated heterocycles. The minimum absolute atomic E-state index is 0. The van der Waals surface area contributed by atoms with Crippen molar-refractivity contribution in [1.29, 1.82) is 0 Å². The number of azo groups is 2. The van der Waals surface area contributed by atoms with E-state index in [2.05, 4.69) is 30.8 Å². The zero-order valence-electron chi connectivity index (χ0n) is 40.1. The predicted molar refractivity (Wildman–Crippen MR) is 284 cm³/mol. The van der Waals surface area contributed by atoms with Gasteiger partial charge < -0.3 is 30.1 Å². The summed E-state index contributed by atoms with van der Waals surface area (Å²) in [5.41, 5.74) is -0.145. The summed E-state index contributed by atoms with van der Waals surface area (Å²) in [4.78, 5) is 16.2. The van der Waals surface area contributed by atoms with Crippen LogP contribution >= 0.6 is 23.2 Å². The zero-order valence-corrected chi connectivity index (χ0v) is 47.7. The number of phenols is 1. The van der Waals surface area contributed by atoms with Crippen LogP contribution in [0.5, 0.6) is 23.0 Å². The SMILES string of the molecule is CCOc1ccccc1N=C([O-])c1cc2ccccc2c(N=Nc2ccc(Cl)c(C)c2S(=O)(=O)O)c1[O-].CCOc1ccccc1NC(=O)c1cc2ccccc2c(N=Nc2ccc(Cl)c(C)c2S(=O)(=O)O)c1O.[Ba+2]. The molecule has 0 aliphatic carbocycles. The third-order valence-corrected chi connectivity index (χ3v) is 13.8. The first-order valence-corrected chi connectivity index (χ1v) is 25.7. The van der Waals surface area contributed by atoms with E-state index in [4.69, 9.17) is 32.7 Å². The number of benzene rings is 8. The predicted octanol–water partition coefficient (Wildman–Crippen LogP) is 11.8. The van der Waals surface area contributed by atoms with Crippen LogP contribution in [0, 0.1) is 13.8 Å². The molecule has 0 aromatic heterocycles. The van der Waals surface area contributed by atoms with Crippen molar-refractivity contribution in [3.63, 3.8) is 0 Å². The van der Waals surface area contributed by atoms with Gasteiger partial charge in [-0.05, 0) is 122 Å². The first-order chi connectivity index (χ1) is 35.2. The van der Waals surface area contributed by atoms with Gasteiger partial charge in [-0.2, -0.15) is 21.9 Å². The molecule has 0 radical (unpaired) electrons. The van der Waals surface area contributed by atoms with Crippen LogP contribution in [0.1, 0.15) is 40.9 Å². The number of phenolic OH excluding ortho intramolecular Hbond substituents is 1. The molecule has 0 aliphatic rings. The molecule has 8 aromatic carbocycles. The maximum absolute atomic E-state index is 13.4. The number of amides is 1. The van der Waals surface area contributed by atoms with Crippen LogP contribution in [0.25, 0.3) is 21.5 Å². The van der Waals surface area contributed by atoms with E-state index in [1.807, 2.05) is 6.92 Å². The molecule has 380 valence electrons. The molecule has 0 aliphatic heterocycles. The number of rotatable bonds is 14. The average Bonchev–Trinajstić information content (AvgIpc) is 3.35. The molecule has 8 rings (SSSR count). The van der Waals surface area contributed by atoms with Gasteiger partial charge in [0.05, 0.1) is 30.2 Å². The van der Waals surface area contributed by atoms with E-state index >= 15 is 0 Å². The Morgan fingerprint density at radius 2 is 1.07 bits per heavy atom. The summed E-state index contributed by atoms with van der Waals surface area (Å²) in [6.45, 7) is 7.20. The average molecular weight is 1220 g/mol. The minimum Gasteiger partial charge on any atom is -0.871 e. The van der Waals surface area contributed by atoms with Crippen molar-refractivity contribution >= 4 is 160 Å². The number of aliphatic imine (C=N–C) groups is 1. The number of ether oxygens (including phenoxy) is 2. The van der Waals surface area contributed by atoms with Crippen LogP contribution < -0.4 is 25.0 Å². The third-order valence-electron chi connectivity index (χ3n) is 10.9. The molecule has 0 atom stereocenters. The fourth-order valence-electron chi connectivity index (χ4n) is 7.52. The van der Waals surface area contributed by atoms with Gasteiger partial charge in [0.15, 0.2) is 5.75 Å². The van der Waals surface area contributed by atoms with E-state index in [0.717, 1.165) is 0 Å². The summed E-state index contributed by atoms with van der Waals surface area (Å²) >= 11 is 12.0. The summed E-state index contributed by atoms with van der Waals surface area (Å²) < 4.78 is 78.4. The largest absolute Gasteiger partial charge is 2.00 e. The van der Waals surface area contributed by atoms with Crippen LogP contribution in [-0.4, -0.2) is 105 Å². The zero-order chi connectivity index (χ0) is 53.5. The molecule has 8 aromatic rings. The van der Waals surface area contributed by atoms with Gasteiger partial charge in [0.1, 0.15) is 44.0 Å². The van der Waals surface area contributed by atoms with Crippen molar-refractivity contribution < 1.29 is 55.5 Å². The van der Waals surface area contributed by atoms with E-state index in [1.54, 1.807) is 104 Å². The van der Waals surface area contributed by atoms with E-state index < -0.39 is 53.3 Å². The number of anilines is 1. The van der Waals surface area contributed by atoms with Crippen LogP contribution in [0.4, 0.5) is 34.1 Å². The van der Waals surface area contributed by atoms with E-state index in [1.165, 1.54) is 50.2 Å². The minimum atomic E-state index is -4.71. The number of halogens is 2. The quantitative estimate of drug-likeness (QED) is 0.0260. The summed E-state index contributed by atoms with van der Waals surface area (Å²) in [5, 5.41) is 58.6. The van der Waals surface area contributed by atoms with Gasteiger partial charge in [-0.3, -0.25) is 18.9 Å². The van der Waals surface area contributed by atoms with Crippen LogP contribution in [0.2, 0.25) is 10.0 Å². The summed E-state index contributed by atoms with van der Waals surface area (Å²) in [7, 11) is -9.39. The van der Waals surface area contributed by atoms with E-state index in [0.29, 0.717) is 51.9 Å². The molecule has 4 N–H and O–H groups in total. The fraction of sp³-hybridized carbons (Fsp3) is 0.115. The van der Waals surface area contributed by atoms with Crippen molar-refractivity contribution in [2.45, 2.75) is 37.5 Å². The van der Waals surface area contributed by atoms with Gasteiger partial charge in [-0.25, -0.2) is 0 Å². The van der Waals surface area contributed by atoms with E-state index in [-0.39, 0.29) is 110 Å². The van der Waals surface area contributed by atoms with Crippen LogP contribution in [0.15, 0.2) is 169 Å². The second kappa shape index (κ2) is 25.0. The number of aromatic hydroxyl groups is 1. The van der Waals surface area contributed by atoms with E-state index in [9.17, 15) is 46.1 Å². The number of nitrogens with one attached hydrogen (secondary N) is 1. The smallest absolute Gasteiger partial charge is 0.871 e. The Bertz CT molecular complexity index is 3830. The Morgan fingerprint density at radius 3 is 1.61 bits per heavy atom. The number of para-hydroxylation sites is 4. The third kappa shape index (κ3) is 13.3. The standard InChI is InChI=1S/2C26H22ClN3O6S.Ba/c2*1-3-36-22-11-7-6-10-20(22)28-26(32)18-14-16-8-4-5-9-17(16)23(24(18)31)30-29-21-13-12-19(27)15(2)25(21)37(33,34)35;/h2*4-14,31H,3H2,1-2H3,(H,28,32)(H,33,34,35);/q;;+2/p-2. The molecule has 0 spiro atoms. The van der Waals surface area contributed by atoms with Crippen molar-refractivity contribution in [1.82, 2.24) is 0 Å². The molecule has 0 heterocycles. The molecule has 75 heavy (non-hydrogen) atoms. The summed E-state index contributed by atoms with van der Waals surface area (Å²) in [5.74, 6) is -1.78. The first kappa shape index (κ1) is 57.9. The number of hydrogen-bond acceptors (Lipinski definition) is 15. The normalized spacial score (nSPS) is 11.9. The second-order valence-electron chi connectivity index (χ2n) is 15.8. The number of carbonyl (C=O) groups excluding carboxylic acids is 1. The number of nitrogens with zero attached hydrogens (tertiary/aromatic N) is 5. The van der Waals surface area contributed by atoms with Crippen molar-refractivity contribution in [3.8, 4) is 23.0 Å². The topological polar surface area (TPSA) is 284 Å². The molecule has 18 nitrogen and oxygen atoms in total. The van der Waals surface area contributed by atoms with Gasteiger partial charge in [0.2, 0.25) is 0 Å². The second-order valence-corrected chi connectivity index (χ2v) is 19.3. The Kier molecular flexibility index (Phi) is 19.3. The number of carbonyl (C=O) groups is 1. The van der Waals surface area contributed by atoms with Crippen LogP contribution in [-0.2, 0) is 20.2 Å². The molecule has 0 fully saturated rings. The summed E-state index contributed by atoms with van der Waals surface area (Å²) in [6.07, 6.45) is 0. The molecule has 0 saturated carbocycles. The van der Waals surface area contributed by atoms with Crippen LogP contribution in [0.3, 0.4) is 0 Å². The van der Waals surface area contributed by atoms with Gasteiger partial charge in [-0.1, -0.05) is 102 Å². The Balaban J connectivity index is 0.000000241. The fourth-order valence-corrected chi connectivity index (χ4v) is 9.69. The van der Waals surface area contributed by atoms with Gasteiger partial charge >= 0.3 is 48.9 Å². The number of fused-ring (bicyclic) bond motifs is 2. The van der Waals surface area contributed by atoms with Crippen molar-refractivity contribution in [2.75, 3.05) is 18.5 Å². The number of hydrogen-bond donors (Lipinski definition) is 4. The Morgan fingerprint density at radius 1 is 0.613 bits per heavy atom. The molecule has 0 bridgehead atoms. The Hall–Kier alpha value is -6.41. The molecular formula is C52H42BaCl2N6O12S2. The summed E-state index contributed by atoms with van der Waals surface area (Å²) in [6, 6.07) is 35.4. The Labute approximate surface area is 481 Å². The molecular weight excluding hydrogens is 1170 g/mol.